The standard InChI is InChI=1S/C22H25N3O2/c1-4-25(5-2)20-12-11-18(21(14-20)27-3)13-19(15-23)22(26)24-16-17-9-7-6-8-10-17/h6-14H,4-5,16H2,1-3H3,(H,24,26)/b19-13-. The highest BCUT2D eigenvalue weighted by atomic mass is 16.5. The van der Waals surface area contributed by atoms with E-state index in [1.165, 1.54) is 0 Å². The molecule has 140 valence electrons. The van der Waals surface area contributed by atoms with Crippen LogP contribution >= 0.6 is 0 Å². The molecule has 0 spiro atoms. The molecular formula is C22H25N3O2. The number of benzene rings is 2. The molecule has 0 radical (unpaired) electrons. The number of carbonyl (C=O) groups is 1. The summed E-state index contributed by atoms with van der Waals surface area (Å²) in [6.07, 6.45) is 1.56. The van der Waals surface area contributed by atoms with E-state index in [9.17, 15) is 10.1 Å². The van der Waals surface area contributed by atoms with Gasteiger partial charge in [-0.2, -0.15) is 5.26 Å². The predicted molar refractivity (Wildman–Crippen MR) is 108 cm³/mol. The summed E-state index contributed by atoms with van der Waals surface area (Å²) < 4.78 is 5.47. The molecule has 0 saturated heterocycles. The normalized spacial score (nSPS) is 10.8. The third kappa shape index (κ3) is 5.35. The molecule has 0 unspecified atom stereocenters. The van der Waals surface area contributed by atoms with Gasteiger partial charge in [0.2, 0.25) is 0 Å². The van der Waals surface area contributed by atoms with E-state index in [2.05, 4.69) is 24.1 Å². The maximum atomic E-state index is 12.4. The van der Waals surface area contributed by atoms with Crippen molar-refractivity contribution >= 4 is 17.7 Å². The summed E-state index contributed by atoms with van der Waals surface area (Å²) in [5, 5.41) is 12.2. The molecule has 0 heterocycles. The Morgan fingerprint density at radius 3 is 2.48 bits per heavy atom. The first kappa shape index (κ1) is 20.1. The van der Waals surface area contributed by atoms with Gasteiger partial charge in [-0.15, -0.1) is 0 Å². The van der Waals surface area contributed by atoms with Gasteiger partial charge in [0, 0.05) is 37.0 Å². The SMILES string of the molecule is CCN(CC)c1ccc(/C=C(/C#N)C(=O)NCc2ccccc2)c(OC)c1. The average Bonchev–Trinajstić information content (AvgIpc) is 2.72. The summed E-state index contributed by atoms with van der Waals surface area (Å²) in [5.41, 5.74) is 2.75. The van der Waals surface area contributed by atoms with Crippen molar-refractivity contribution in [3.63, 3.8) is 0 Å². The Hall–Kier alpha value is -3.26. The second-order valence-electron chi connectivity index (χ2n) is 5.94. The zero-order valence-electron chi connectivity index (χ0n) is 16.0. The molecule has 2 aromatic rings. The monoisotopic (exact) mass is 363 g/mol. The molecular weight excluding hydrogens is 338 g/mol. The summed E-state index contributed by atoms with van der Waals surface area (Å²) in [7, 11) is 1.58. The lowest BCUT2D eigenvalue weighted by atomic mass is 10.1. The van der Waals surface area contributed by atoms with E-state index in [1.807, 2.05) is 54.6 Å². The molecule has 0 aliphatic carbocycles. The highest BCUT2D eigenvalue weighted by Gasteiger charge is 2.12. The number of hydrogen-bond donors (Lipinski definition) is 1. The maximum Gasteiger partial charge on any atom is 0.262 e. The van der Waals surface area contributed by atoms with Crippen molar-refractivity contribution in [1.29, 1.82) is 5.26 Å². The largest absolute Gasteiger partial charge is 0.496 e. The number of nitrogens with zero attached hydrogens (tertiary/aromatic N) is 2. The smallest absolute Gasteiger partial charge is 0.262 e. The highest BCUT2D eigenvalue weighted by Crippen LogP contribution is 2.27. The van der Waals surface area contributed by atoms with Gasteiger partial charge in [0.1, 0.15) is 17.4 Å². The molecule has 27 heavy (non-hydrogen) atoms. The molecule has 0 fully saturated rings. The van der Waals surface area contributed by atoms with Crippen LogP contribution in [0, 0.1) is 11.3 Å². The summed E-state index contributed by atoms with van der Waals surface area (Å²) in [6, 6.07) is 17.3. The van der Waals surface area contributed by atoms with Crippen molar-refractivity contribution in [2.45, 2.75) is 20.4 Å². The van der Waals surface area contributed by atoms with E-state index in [-0.39, 0.29) is 5.57 Å². The Morgan fingerprint density at radius 2 is 1.89 bits per heavy atom. The molecule has 0 aliphatic heterocycles. The van der Waals surface area contributed by atoms with Crippen LogP contribution in [-0.4, -0.2) is 26.1 Å². The minimum Gasteiger partial charge on any atom is -0.496 e. The zero-order valence-corrected chi connectivity index (χ0v) is 16.0. The van der Waals surface area contributed by atoms with Gasteiger partial charge in [0.25, 0.3) is 5.91 Å². The molecule has 0 bridgehead atoms. The number of carbonyl (C=O) groups excluding carboxylic acids is 1. The van der Waals surface area contributed by atoms with Crippen LogP contribution in [0.2, 0.25) is 0 Å². The second-order valence-corrected chi connectivity index (χ2v) is 5.94. The minimum absolute atomic E-state index is 0.0415. The number of methoxy groups -OCH3 is 1. The Balaban J connectivity index is 2.20. The van der Waals surface area contributed by atoms with Gasteiger partial charge >= 0.3 is 0 Å². The lowest BCUT2D eigenvalue weighted by molar-refractivity contribution is -0.117. The summed E-state index contributed by atoms with van der Waals surface area (Å²) in [5.74, 6) is 0.222. The quantitative estimate of drug-likeness (QED) is 0.573. The van der Waals surface area contributed by atoms with Crippen LogP contribution in [-0.2, 0) is 11.3 Å². The Kier molecular flexibility index (Phi) is 7.45. The van der Waals surface area contributed by atoms with E-state index in [1.54, 1.807) is 13.2 Å². The van der Waals surface area contributed by atoms with Crippen molar-refractivity contribution in [2.24, 2.45) is 0 Å². The fourth-order valence-corrected chi connectivity index (χ4v) is 2.78. The third-order valence-corrected chi connectivity index (χ3v) is 4.31. The number of nitriles is 1. The van der Waals surface area contributed by atoms with Gasteiger partial charge in [-0.05, 0) is 37.6 Å². The van der Waals surface area contributed by atoms with Gasteiger partial charge < -0.3 is 15.0 Å². The first-order chi connectivity index (χ1) is 13.1. The number of amides is 1. The highest BCUT2D eigenvalue weighted by molar-refractivity contribution is 6.02. The van der Waals surface area contributed by atoms with E-state index >= 15 is 0 Å². The Bertz CT molecular complexity index is 834. The topological polar surface area (TPSA) is 65.4 Å². The second kappa shape index (κ2) is 10.0. The van der Waals surface area contributed by atoms with E-state index in [0.29, 0.717) is 17.9 Å². The fraction of sp³-hybridized carbons (Fsp3) is 0.273. The maximum absolute atomic E-state index is 12.4. The number of rotatable bonds is 8. The van der Waals surface area contributed by atoms with Crippen molar-refractivity contribution in [3.05, 3.63) is 65.2 Å². The van der Waals surface area contributed by atoms with Crippen LogP contribution in [0.15, 0.2) is 54.1 Å². The molecule has 0 aliphatic rings. The minimum atomic E-state index is -0.406. The zero-order chi connectivity index (χ0) is 19.6. The molecule has 5 heteroatoms. The molecule has 1 N–H and O–H groups in total. The predicted octanol–water partition coefficient (Wildman–Crippen LogP) is 3.76. The van der Waals surface area contributed by atoms with Gasteiger partial charge in [-0.3, -0.25) is 4.79 Å². The van der Waals surface area contributed by atoms with Gasteiger partial charge in [-0.1, -0.05) is 30.3 Å². The molecule has 5 nitrogen and oxygen atoms in total. The number of ether oxygens (including phenoxy) is 1. The summed E-state index contributed by atoms with van der Waals surface area (Å²) in [6.45, 7) is 6.33. The Morgan fingerprint density at radius 1 is 1.19 bits per heavy atom. The van der Waals surface area contributed by atoms with Gasteiger partial charge in [0.05, 0.1) is 7.11 Å². The summed E-state index contributed by atoms with van der Waals surface area (Å²) in [4.78, 5) is 14.6. The van der Waals surface area contributed by atoms with E-state index in [0.717, 1.165) is 24.3 Å². The molecule has 0 aromatic heterocycles. The fourth-order valence-electron chi connectivity index (χ4n) is 2.78. The number of anilines is 1. The lowest BCUT2D eigenvalue weighted by Gasteiger charge is -2.22. The molecule has 2 aromatic carbocycles. The van der Waals surface area contributed by atoms with Crippen molar-refractivity contribution in [2.75, 3.05) is 25.1 Å². The lowest BCUT2D eigenvalue weighted by Crippen LogP contribution is -2.24. The average molecular weight is 363 g/mol. The van der Waals surface area contributed by atoms with Crippen molar-refractivity contribution in [1.82, 2.24) is 5.32 Å². The van der Waals surface area contributed by atoms with E-state index < -0.39 is 5.91 Å². The van der Waals surface area contributed by atoms with Crippen LogP contribution in [0.4, 0.5) is 5.69 Å². The molecule has 1 amide bonds. The van der Waals surface area contributed by atoms with Crippen LogP contribution < -0.4 is 15.0 Å². The number of nitrogens with one attached hydrogen (secondary N) is 1. The van der Waals surface area contributed by atoms with Crippen molar-refractivity contribution < 1.29 is 9.53 Å². The van der Waals surface area contributed by atoms with Crippen LogP contribution in [0.25, 0.3) is 6.08 Å². The first-order valence-electron chi connectivity index (χ1n) is 8.99. The summed E-state index contributed by atoms with van der Waals surface area (Å²) >= 11 is 0. The molecule has 0 atom stereocenters. The number of hydrogen-bond acceptors (Lipinski definition) is 4. The van der Waals surface area contributed by atoms with Crippen molar-refractivity contribution in [3.8, 4) is 11.8 Å². The third-order valence-electron chi connectivity index (χ3n) is 4.31. The van der Waals surface area contributed by atoms with Gasteiger partial charge in [0.15, 0.2) is 0 Å². The van der Waals surface area contributed by atoms with Crippen LogP contribution in [0.5, 0.6) is 5.75 Å². The Labute approximate surface area is 160 Å². The first-order valence-corrected chi connectivity index (χ1v) is 8.99. The van der Waals surface area contributed by atoms with Crippen LogP contribution in [0.1, 0.15) is 25.0 Å². The van der Waals surface area contributed by atoms with Gasteiger partial charge in [-0.25, -0.2) is 0 Å². The van der Waals surface area contributed by atoms with E-state index in [4.69, 9.17) is 4.74 Å². The molecule has 2 rings (SSSR count). The van der Waals surface area contributed by atoms with Crippen LogP contribution in [0.3, 0.4) is 0 Å². The molecule has 0 saturated carbocycles.